The summed E-state index contributed by atoms with van der Waals surface area (Å²) in [7, 11) is 0. The van der Waals surface area contributed by atoms with Gasteiger partial charge in [0, 0.05) is 38.1 Å². The van der Waals surface area contributed by atoms with Crippen molar-refractivity contribution in [1.29, 1.82) is 0 Å². The van der Waals surface area contributed by atoms with Crippen molar-refractivity contribution >= 4 is 65.7 Å². The largest absolute Gasteiger partial charge is 0.456 e. The smallest absolute Gasteiger partial charge is 0.238 e. The summed E-state index contributed by atoms with van der Waals surface area (Å²) in [6, 6.07) is 48.0. The monoisotopic (exact) mass is 735 g/mol. The predicted octanol–water partition coefficient (Wildman–Crippen LogP) is 13.4. The fraction of sp³-hybridized carbons (Fsp3) is 0. The van der Waals surface area contributed by atoms with E-state index in [1.165, 1.54) is 0 Å². The Labute approximate surface area is 332 Å². The summed E-state index contributed by atoms with van der Waals surface area (Å²) in [5.41, 5.74) is 8.88. The van der Waals surface area contributed by atoms with E-state index in [9.17, 15) is 0 Å². The average molecular weight is 736 g/mol. The molecule has 0 aliphatic carbocycles. The zero-order valence-electron chi connectivity index (χ0n) is 35.0. The number of rotatable bonds is 5. The molecule has 0 radical (unpaired) electrons. The van der Waals surface area contributed by atoms with Crippen molar-refractivity contribution in [2.75, 3.05) is 0 Å². The average Bonchev–Trinajstić information content (AvgIpc) is 3.99. The summed E-state index contributed by atoms with van der Waals surface area (Å²) in [5, 5.41) is 5.53. The van der Waals surface area contributed by atoms with Gasteiger partial charge in [0.05, 0.1) is 23.3 Å². The number of benzene rings is 8. The van der Waals surface area contributed by atoms with Crippen molar-refractivity contribution in [2.45, 2.75) is 0 Å². The van der Waals surface area contributed by atoms with Crippen LogP contribution >= 0.6 is 0 Å². The van der Waals surface area contributed by atoms with Crippen LogP contribution in [0.25, 0.3) is 117 Å². The molecule has 0 aliphatic rings. The highest BCUT2D eigenvalue weighted by Gasteiger charge is 2.23. The highest BCUT2D eigenvalue weighted by atomic mass is 16.3. The number of nitrogens with zero attached hydrogens (tertiary/aromatic N) is 4. The van der Waals surface area contributed by atoms with Gasteiger partial charge in [-0.25, -0.2) is 4.98 Å². The topological polar surface area (TPSA) is 69.9 Å². The molecule has 0 N–H and O–H groups in total. The van der Waals surface area contributed by atoms with Gasteiger partial charge in [0.1, 0.15) is 22.3 Å². The molecule has 0 amide bonds. The first-order valence-corrected chi connectivity index (χ1v) is 18.6. The Morgan fingerprint density at radius 2 is 1.07 bits per heavy atom. The predicted molar refractivity (Wildman–Crippen MR) is 230 cm³/mol. The Hall–Kier alpha value is -7.83. The van der Waals surface area contributed by atoms with Gasteiger partial charge in [-0.2, -0.15) is 9.97 Å². The SMILES string of the molecule is [2H]c1c([2H])c([2H])c(-c2nc(-c3ccc4c(c3)oc3cccc(-c5ccccc5)c34)nc(-n3c4cc(-c5ccccc5)ccc4c4ccc5oc6ccccc6c5c43)n2)c([2H])c1[2H]. The molecule has 6 nitrogen and oxygen atoms in total. The Balaban J connectivity index is 1.19. The van der Waals surface area contributed by atoms with Gasteiger partial charge >= 0.3 is 0 Å². The van der Waals surface area contributed by atoms with E-state index in [1.54, 1.807) is 0 Å². The van der Waals surface area contributed by atoms with E-state index >= 15 is 0 Å². The molecule has 0 unspecified atom stereocenters. The van der Waals surface area contributed by atoms with Gasteiger partial charge in [-0.05, 0) is 64.7 Å². The summed E-state index contributed by atoms with van der Waals surface area (Å²) in [5.74, 6) is 0.341. The molecule has 12 rings (SSSR count). The molecule has 8 aromatic carbocycles. The second-order valence-corrected chi connectivity index (χ2v) is 14.0. The molecule has 0 aliphatic heterocycles. The van der Waals surface area contributed by atoms with Crippen LogP contribution in [0.1, 0.15) is 6.85 Å². The van der Waals surface area contributed by atoms with E-state index in [1.807, 2.05) is 108 Å². The lowest BCUT2D eigenvalue weighted by Gasteiger charge is -2.12. The third kappa shape index (κ3) is 4.94. The van der Waals surface area contributed by atoms with E-state index in [2.05, 4.69) is 48.5 Å². The van der Waals surface area contributed by atoms with Crippen LogP contribution in [0.5, 0.6) is 0 Å². The Bertz CT molecular complexity index is 3790. The standard InChI is InChI=1S/C51H30N4O2/c1-4-13-31(14-5-1)34-23-25-37-38-27-28-44-47(39-19-10-11-21-42(39)56-44)48(38)55(41(37)29-34)51-53-49(33-17-8-3-9-18-33)52-50(54-51)35-24-26-40-45(30-35)57-43-22-12-20-36(46(40)43)32-15-6-2-7-16-32/h1-30H/i3D,8D,9D,17D,18D. The van der Waals surface area contributed by atoms with E-state index in [-0.39, 0.29) is 23.2 Å². The molecule has 266 valence electrons. The quantitative estimate of drug-likeness (QED) is 0.176. The van der Waals surface area contributed by atoms with Crippen molar-refractivity contribution in [3.8, 4) is 51.0 Å². The molecule has 4 heterocycles. The molecule has 6 heteroatoms. The highest BCUT2D eigenvalue weighted by Crippen LogP contribution is 2.42. The molecular weight excluding hydrogens is 701 g/mol. The molecule has 0 saturated carbocycles. The van der Waals surface area contributed by atoms with Crippen LogP contribution in [0, 0.1) is 0 Å². The maximum absolute atomic E-state index is 9.01. The van der Waals surface area contributed by atoms with Crippen LogP contribution in [0.15, 0.2) is 191 Å². The number of aromatic nitrogens is 4. The Kier molecular flexibility index (Phi) is 5.82. The molecule has 0 bridgehead atoms. The summed E-state index contributed by atoms with van der Waals surface area (Å²) >= 11 is 0. The van der Waals surface area contributed by atoms with Crippen LogP contribution in [0.2, 0.25) is 0 Å². The van der Waals surface area contributed by atoms with Gasteiger partial charge in [-0.15, -0.1) is 0 Å². The van der Waals surface area contributed by atoms with Crippen molar-refractivity contribution in [2.24, 2.45) is 0 Å². The zero-order valence-corrected chi connectivity index (χ0v) is 30.0. The van der Waals surface area contributed by atoms with Crippen molar-refractivity contribution in [3.63, 3.8) is 0 Å². The van der Waals surface area contributed by atoms with Crippen LogP contribution in [0.4, 0.5) is 0 Å². The minimum Gasteiger partial charge on any atom is -0.456 e. The minimum atomic E-state index is -0.506. The summed E-state index contributed by atoms with van der Waals surface area (Å²) in [6.07, 6.45) is 0. The highest BCUT2D eigenvalue weighted by molar-refractivity contribution is 6.24. The first kappa shape index (κ1) is 26.9. The fourth-order valence-corrected chi connectivity index (χ4v) is 8.22. The summed E-state index contributed by atoms with van der Waals surface area (Å²) < 4.78 is 58.4. The third-order valence-electron chi connectivity index (χ3n) is 10.8. The fourth-order valence-electron chi connectivity index (χ4n) is 8.22. The van der Waals surface area contributed by atoms with Crippen LogP contribution in [0.3, 0.4) is 0 Å². The van der Waals surface area contributed by atoms with Gasteiger partial charge in [0.25, 0.3) is 0 Å². The van der Waals surface area contributed by atoms with Crippen molar-refractivity contribution in [3.05, 3.63) is 182 Å². The van der Waals surface area contributed by atoms with Gasteiger partial charge in [0.15, 0.2) is 11.6 Å². The Morgan fingerprint density at radius 1 is 0.421 bits per heavy atom. The molecule has 0 fully saturated rings. The lowest BCUT2D eigenvalue weighted by atomic mass is 9.99. The number of para-hydroxylation sites is 1. The second kappa shape index (κ2) is 12.3. The molecule has 0 saturated heterocycles. The zero-order chi connectivity index (χ0) is 41.8. The molecule has 4 aromatic heterocycles. The molecule has 12 aromatic rings. The number of furan rings is 2. The normalized spacial score (nSPS) is 13.1. The lowest BCUT2D eigenvalue weighted by Crippen LogP contribution is -2.06. The number of fused-ring (bicyclic) bond motifs is 10. The lowest BCUT2D eigenvalue weighted by molar-refractivity contribution is 0.668. The van der Waals surface area contributed by atoms with Gasteiger partial charge in [-0.1, -0.05) is 139 Å². The van der Waals surface area contributed by atoms with E-state index in [0.717, 1.165) is 76.8 Å². The van der Waals surface area contributed by atoms with E-state index in [0.29, 0.717) is 16.7 Å². The molecule has 0 spiro atoms. The molecule has 0 atom stereocenters. The number of hydrogen-bond donors (Lipinski definition) is 0. The van der Waals surface area contributed by atoms with E-state index < -0.39 is 30.2 Å². The second-order valence-electron chi connectivity index (χ2n) is 14.0. The first-order chi connectivity index (χ1) is 30.3. The van der Waals surface area contributed by atoms with E-state index in [4.69, 9.17) is 30.6 Å². The molecular formula is C51H30N4O2. The minimum absolute atomic E-state index is 0.0727. The van der Waals surface area contributed by atoms with Crippen LogP contribution in [-0.4, -0.2) is 19.5 Å². The van der Waals surface area contributed by atoms with Crippen LogP contribution < -0.4 is 0 Å². The number of hydrogen-bond acceptors (Lipinski definition) is 5. The van der Waals surface area contributed by atoms with Crippen molar-refractivity contribution < 1.29 is 15.7 Å². The maximum Gasteiger partial charge on any atom is 0.238 e. The van der Waals surface area contributed by atoms with Crippen LogP contribution in [-0.2, 0) is 0 Å². The van der Waals surface area contributed by atoms with Gasteiger partial charge in [0.2, 0.25) is 5.95 Å². The van der Waals surface area contributed by atoms with Crippen molar-refractivity contribution in [1.82, 2.24) is 19.5 Å². The van der Waals surface area contributed by atoms with Gasteiger partial charge < -0.3 is 8.83 Å². The summed E-state index contributed by atoms with van der Waals surface area (Å²) in [6.45, 7) is 0. The maximum atomic E-state index is 9.01. The third-order valence-corrected chi connectivity index (χ3v) is 10.8. The summed E-state index contributed by atoms with van der Waals surface area (Å²) in [4.78, 5) is 15.2. The molecule has 57 heavy (non-hydrogen) atoms. The van der Waals surface area contributed by atoms with Gasteiger partial charge in [-0.3, -0.25) is 4.57 Å². The Morgan fingerprint density at radius 3 is 1.91 bits per heavy atom. The first-order valence-electron chi connectivity index (χ1n) is 21.1.